The second-order valence-corrected chi connectivity index (χ2v) is 6.54. The van der Waals surface area contributed by atoms with E-state index >= 15 is 0 Å². The van der Waals surface area contributed by atoms with Crippen LogP contribution in [0.25, 0.3) is 11.0 Å². The quantitative estimate of drug-likeness (QED) is 0.774. The van der Waals surface area contributed by atoms with Gasteiger partial charge >= 0.3 is 0 Å². The minimum Gasteiger partial charge on any atom is -0.383 e. The average Bonchev–Trinajstić information content (AvgIpc) is 2.98. The number of nitrogens with two attached hydrogens (primary N) is 1. The zero-order chi connectivity index (χ0) is 16.5. The van der Waals surface area contributed by atoms with E-state index in [0.717, 1.165) is 23.9 Å². The molecule has 0 bridgehead atoms. The Balaban J connectivity index is 1.45. The summed E-state index contributed by atoms with van der Waals surface area (Å²) in [6.45, 7) is 0. The van der Waals surface area contributed by atoms with Gasteiger partial charge in [0, 0.05) is 13.1 Å². The van der Waals surface area contributed by atoms with Crippen molar-refractivity contribution in [2.75, 3.05) is 11.1 Å². The van der Waals surface area contributed by atoms with E-state index in [2.05, 4.69) is 50.7 Å². The summed E-state index contributed by atoms with van der Waals surface area (Å²) in [6.07, 6.45) is 6.31. The largest absolute Gasteiger partial charge is 0.383 e. The molecule has 0 aliphatic heterocycles. The molecule has 1 aliphatic rings. The van der Waals surface area contributed by atoms with Crippen LogP contribution in [0, 0.1) is 0 Å². The lowest BCUT2D eigenvalue weighted by molar-refractivity contribution is 0.411. The Morgan fingerprint density at radius 3 is 2.58 bits per heavy atom. The van der Waals surface area contributed by atoms with Crippen molar-refractivity contribution in [2.45, 2.75) is 37.6 Å². The fraction of sp³-hybridized carbons (Fsp3) is 0.389. The Hall–Kier alpha value is -2.63. The molecular formula is C18H22N6. The molecule has 3 aromatic rings. The summed E-state index contributed by atoms with van der Waals surface area (Å²) < 4.78 is 1.73. The first-order chi connectivity index (χ1) is 11.7. The number of rotatable bonds is 3. The van der Waals surface area contributed by atoms with Crippen LogP contribution < -0.4 is 11.1 Å². The van der Waals surface area contributed by atoms with E-state index in [0.29, 0.717) is 23.7 Å². The highest BCUT2D eigenvalue weighted by molar-refractivity contribution is 5.86. The van der Waals surface area contributed by atoms with E-state index in [1.54, 1.807) is 10.9 Å². The van der Waals surface area contributed by atoms with Gasteiger partial charge in [-0.3, -0.25) is 4.68 Å². The molecule has 0 unspecified atom stereocenters. The molecular weight excluding hydrogens is 300 g/mol. The van der Waals surface area contributed by atoms with Crippen LogP contribution in [-0.4, -0.2) is 25.8 Å². The summed E-state index contributed by atoms with van der Waals surface area (Å²) in [7, 11) is 1.86. The van der Waals surface area contributed by atoms with Gasteiger partial charge in [-0.05, 0) is 37.2 Å². The summed E-state index contributed by atoms with van der Waals surface area (Å²) in [5, 5.41) is 8.46. The summed E-state index contributed by atoms with van der Waals surface area (Å²) in [5.41, 5.74) is 8.25. The van der Waals surface area contributed by atoms with Crippen LogP contribution in [0.1, 0.15) is 37.2 Å². The predicted molar refractivity (Wildman–Crippen MR) is 95.8 cm³/mol. The van der Waals surface area contributed by atoms with E-state index in [1.165, 1.54) is 18.4 Å². The monoisotopic (exact) mass is 322 g/mol. The Morgan fingerprint density at radius 1 is 1.08 bits per heavy atom. The maximum absolute atomic E-state index is 6.03. The number of fused-ring (bicyclic) bond motifs is 1. The number of aryl methyl sites for hydroxylation is 1. The third-order valence-electron chi connectivity index (χ3n) is 4.95. The highest BCUT2D eigenvalue weighted by Crippen LogP contribution is 2.33. The topological polar surface area (TPSA) is 81.7 Å². The molecule has 124 valence electrons. The number of benzene rings is 1. The van der Waals surface area contributed by atoms with Crippen LogP contribution in [-0.2, 0) is 7.05 Å². The van der Waals surface area contributed by atoms with Gasteiger partial charge in [0.15, 0.2) is 5.65 Å². The van der Waals surface area contributed by atoms with Gasteiger partial charge in [-0.1, -0.05) is 30.3 Å². The van der Waals surface area contributed by atoms with Gasteiger partial charge < -0.3 is 11.1 Å². The molecule has 0 amide bonds. The fourth-order valence-corrected chi connectivity index (χ4v) is 3.59. The number of hydrogen-bond acceptors (Lipinski definition) is 5. The van der Waals surface area contributed by atoms with Crippen molar-refractivity contribution in [3.63, 3.8) is 0 Å². The second kappa shape index (κ2) is 6.11. The number of nitrogens with one attached hydrogen (secondary N) is 1. The van der Waals surface area contributed by atoms with Gasteiger partial charge in [0.2, 0.25) is 5.95 Å². The number of aromatic nitrogens is 4. The lowest BCUT2D eigenvalue weighted by Gasteiger charge is -2.29. The molecule has 4 rings (SSSR count). The fourth-order valence-electron chi connectivity index (χ4n) is 3.59. The summed E-state index contributed by atoms with van der Waals surface area (Å²) in [6, 6.07) is 11.2. The normalized spacial score (nSPS) is 21.0. The van der Waals surface area contributed by atoms with Crippen molar-refractivity contribution in [2.24, 2.45) is 7.05 Å². The summed E-state index contributed by atoms with van der Waals surface area (Å²) in [4.78, 5) is 8.95. The van der Waals surface area contributed by atoms with E-state index in [-0.39, 0.29) is 0 Å². The highest BCUT2D eigenvalue weighted by Gasteiger charge is 2.23. The molecule has 0 saturated heterocycles. The first-order valence-electron chi connectivity index (χ1n) is 8.47. The lowest BCUT2D eigenvalue weighted by atomic mass is 9.82. The standard InChI is InChI=1S/C18H22N6/c1-24-17-15(11-20-24)16(19)22-18(23-17)21-14-9-7-13(8-10-14)12-5-3-2-4-6-12/h2-6,11,13-14H,7-10H2,1H3,(H3,19,21,22,23). The first-order valence-corrected chi connectivity index (χ1v) is 8.47. The van der Waals surface area contributed by atoms with Crippen LogP contribution in [0.2, 0.25) is 0 Å². The molecule has 0 atom stereocenters. The van der Waals surface area contributed by atoms with Gasteiger partial charge in [-0.2, -0.15) is 15.1 Å². The second-order valence-electron chi connectivity index (χ2n) is 6.54. The van der Waals surface area contributed by atoms with Crippen LogP contribution in [0.5, 0.6) is 0 Å². The summed E-state index contributed by atoms with van der Waals surface area (Å²) >= 11 is 0. The molecule has 24 heavy (non-hydrogen) atoms. The van der Waals surface area contributed by atoms with E-state index < -0.39 is 0 Å². The zero-order valence-corrected chi connectivity index (χ0v) is 13.8. The number of anilines is 2. The van der Waals surface area contributed by atoms with Crippen LogP contribution in [0.15, 0.2) is 36.5 Å². The molecule has 2 aromatic heterocycles. The van der Waals surface area contributed by atoms with Crippen molar-refractivity contribution >= 4 is 22.8 Å². The Bertz CT molecular complexity index is 833. The Kier molecular flexibility index (Phi) is 3.80. The third-order valence-corrected chi connectivity index (χ3v) is 4.95. The zero-order valence-electron chi connectivity index (χ0n) is 13.8. The van der Waals surface area contributed by atoms with Crippen molar-refractivity contribution in [3.8, 4) is 0 Å². The smallest absolute Gasteiger partial charge is 0.226 e. The first kappa shape index (κ1) is 14.9. The minimum atomic E-state index is 0.398. The number of hydrogen-bond donors (Lipinski definition) is 2. The van der Waals surface area contributed by atoms with E-state index in [4.69, 9.17) is 5.73 Å². The average molecular weight is 322 g/mol. The molecule has 3 N–H and O–H groups in total. The van der Waals surface area contributed by atoms with Crippen LogP contribution >= 0.6 is 0 Å². The SMILES string of the molecule is Cn1ncc2c(N)nc(NC3CCC(c4ccccc4)CC3)nc21. The van der Waals surface area contributed by atoms with Crippen molar-refractivity contribution in [1.29, 1.82) is 0 Å². The molecule has 1 fully saturated rings. The molecule has 6 nitrogen and oxygen atoms in total. The van der Waals surface area contributed by atoms with Gasteiger partial charge in [0.25, 0.3) is 0 Å². The molecule has 2 heterocycles. The molecule has 0 spiro atoms. The Labute approximate surface area is 141 Å². The maximum Gasteiger partial charge on any atom is 0.226 e. The van der Waals surface area contributed by atoms with Crippen molar-refractivity contribution < 1.29 is 0 Å². The lowest BCUT2D eigenvalue weighted by Crippen LogP contribution is -2.26. The van der Waals surface area contributed by atoms with Gasteiger partial charge in [-0.15, -0.1) is 0 Å². The van der Waals surface area contributed by atoms with Gasteiger partial charge in [-0.25, -0.2) is 0 Å². The van der Waals surface area contributed by atoms with Crippen LogP contribution in [0.3, 0.4) is 0 Å². The molecule has 1 aromatic carbocycles. The van der Waals surface area contributed by atoms with E-state index in [1.807, 2.05) is 7.05 Å². The minimum absolute atomic E-state index is 0.398. The van der Waals surface area contributed by atoms with Crippen LogP contribution in [0.4, 0.5) is 11.8 Å². The van der Waals surface area contributed by atoms with Gasteiger partial charge in [0.1, 0.15) is 5.82 Å². The molecule has 1 saturated carbocycles. The third kappa shape index (κ3) is 2.79. The predicted octanol–water partition coefficient (Wildman–Crippen LogP) is 3.08. The summed E-state index contributed by atoms with van der Waals surface area (Å²) in [5.74, 6) is 1.75. The van der Waals surface area contributed by atoms with Crippen molar-refractivity contribution in [3.05, 3.63) is 42.1 Å². The number of nitrogens with zero attached hydrogens (tertiary/aromatic N) is 4. The maximum atomic E-state index is 6.03. The molecule has 1 aliphatic carbocycles. The molecule has 0 radical (unpaired) electrons. The number of nitrogen functional groups attached to an aromatic ring is 1. The van der Waals surface area contributed by atoms with E-state index in [9.17, 15) is 0 Å². The van der Waals surface area contributed by atoms with Crippen molar-refractivity contribution in [1.82, 2.24) is 19.7 Å². The highest BCUT2D eigenvalue weighted by atomic mass is 15.3. The van der Waals surface area contributed by atoms with Gasteiger partial charge in [0.05, 0.1) is 11.6 Å². The molecule has 6 heteroatoms. The Morgan fingerprint density at radius 2 is 1.83 bits per heavy atom.